The van der Waals surface area contributed by atoms with Gasteiger partial charge >= 0.3 is 0 Å². The zero-order valence-corrected chi connectivity index (χ0v) is 21.5. The van der Waals surface area contributed by atoms with Gasteiger partial charge < -0.3 is 15.2 Å². The van der Waals surface area contributed by atoms with Crippen LogP contribution in [0.15, 0.2) is 58.1 Å². The van der Waals surface area contributed by atoms with E-state index in [0.29, 0.717) is 37.8 Å². The molecule has 180 valence electrons. The highest BCUT2D eigenvalue weighted by atomic mass is 127. The molecular formula is C25H30IN5O3. The van der Waals surface area contributed by atoms with Gasteiger partial charge in [-0.1, -0.05) is 47.6 Å². The number of benzene rings is 1. The summed E-state index contributed by atoms with van der Waals surface area (Å²) in [4.78, 5) is 31.6. The highest BCUT2D eigenvalue weighted by Crippen LogP contribution is 2.52. The molecule has 0 radical (unpaired) electrons. The van der Waals surface area contributed by atoms with Crippen molar-refractivity contribution in [3.8, 4) is 11.3 Å². The number of guanidine groups is 1. The zero-order chi connectivity index (χ0) is 22.8. The van der Waals surface area contributed by atoms with Crippen molar-refractivity contribution >= 4 is 41.8 Å². The largest absolute Gasteiger partial charge is 0.357 e. The minimum absolute atomic E-state index is 0. The number of rotatable bonds is 8. The number of fused-ring (bicyclic) bond motifs is 5. The van der Waals surface area contributed by atoms with Gasteiger partial charge in [-0.3, -0.25) is 14.5 Å². The predicted octanol–water partition coefficient (Wildman–Crippen LogP) is 3.21. The fraction of sp³-hybridized carbons (Fsp3) is 0.440. The number of amides is 2. The Morgan fingerprint density at radius 2 is 1.82 bits per heavy atom. The standard InChI is InChI=1S/C25H29N5O3.HI/c1-2-26-25(28-15-19-14-20(33-29-19)16-7-4-3-5-8-16)27-11-6-12-30-23(31)21-17-9-10-18(13-17)22(21)24(30)32;/h3-5,7-10,14,17-18,21-22H,2,6,11-13,15H2,1H3,(H2,26,27,28);1H. The number of carbonyl (C=O) groups is 2. The van der Waals surface area contributed by atoms with E-state index in [1.54, 1.807) is 0 Å². The predicted molar refractivity (Wildman–Crippen MR) is 139 cm³/mol. The molecular weight excluding hydrogens is 545 g/mol. The van der Waals surface area contributed by atoms with Crippen molar-refractivity contribution < 1.29 is 14.1 Å². The average Bonchev–Trinajstić information content (AvgIpc) is 3.61. The van der Waals surface area contributed by atoms with E-state index in [-0.39, 0.29) is 59.5 Å². The molecule has 0 spiro atoms. The van der Waals surface area contributed by atoms with Crippen LogP contribution in [0.5, 0.6) is 0 Å². The first kappa shape index (κ1) is 24.4. The SMILES string of the molecule is CCNC(=NCc1cc(-c2ccccc2)on1)NCCCN1C(=O)C2C3C=CC(C3)C2C1=O.I. The van der Waals surface area contributed by atoms with Gasteiger partial charge in [0.2, 0.25) is 11.8 Å². The van der Waals surface area contributed by atoms with Gasteiger partial charge in [0.25, 0.3) is 0 Å². The summed E-state index contributed by atoms with van der Waals surface area (Å²) < 4.78 is 5.44. The number of nitrogens with zero attached hydrogens (tertiary/aromatic N) is 3. The fourth-order valence-corrected chi connectivity index (χ4v) is 5.26. The summed E-state index contributed by atoms with van der Waals surface area (Å²) in [7, 11) is 0. The van der Waals surface area contributed by atoms with E-state index in [9.17, 15) is 9.59 Å². The lowest BCUT2D eigenvalue weighted by Gasteiger charge is -2.18. The van der Waals surface area contributed by atoms with Crippen LogP contribution < -0.4 is 10.6 Å². The Balaban J connectivity index is 0.00000274. The third-order valence-electron chi connectivity index (χ3n) is 6.77. The summed E-state index contributed by atoms with van der Waals surface area (Å²) in [6.45, 7) is 4.16. The Hall–Kier alpha value is -2.69. The van der Waals surface area contributed by atoms with E-state index in [1.165, 1.54) is 4.90 Å². The first-order valence-electron chi connectivity index (χ1n) is 11.7. The molecule has 4 atom stereocenters. The van der Waals surface area contributed by atoms with Gasteiger partial charge in [0.05, 0.1) is 18.4 Å². The van der Waals surface area contributed by atoms with Crippen LogP contribution in [-0.4, -0.2) is 47.5 Å². The Bertz CT molecular complexity index is 1050. The Kier molecular flexibility index (Phi) is 7.70. The summed E-state index contributed by atoms with van der Waals surface area (Å²) in [5.41, 5.74) is 1.72. The summed E-state index contributed by atoms with van der Waals surface area (Å²) in [6.07, 6.45) is 5.88. The molecule has 4 unspecified atom stereocenters. The molecule has 2 bridgehead atoms. The molecule has 2 heterocycles. The quantitative estimate of drug-likeness (QED) is 0.125. The molecule has 1 aliphatic heterocycles. The lowest BCUT2D eigenvalue weighted by atomic mass is 9.85. The third kappa shape index (κ3) is 4.75. The van der Waals surface area contributed by atoms with Crippen molar-refractivity contribution in [3.05, 3.63) is 54.2 Å². The lowest BCUT2D eigenvalue weighted by molar-refractivity contribution is -0.140. The zero-order valence-electron chi connectivity index (χ0n) is 19.1. The Morgan fingerprint density at radius 1 is 1.12 bits per heavy atom. The minimum atomic E-state index is -0.123. The van der Waals surface area contributed by atoms with Crippen LogP contribution in [0, 0.1) is 23.7 Å². The summed E-state index contributed by atoms with van der Waals surface area (Å²) in [5, 5.41) is 10.6. The average molecular weight is 575 g/mol. The van der Waals surface area contributed by atoms with E-state index >= 15 is 0 Å². The number of aliphatic imine (C=N–C) groups is 1. The molecule has 8 nitrogen and oxygen atoms in total. The van der Waals surface area contributed by atoms with Gasteiger partial charge in [0.1, 0.15) is 5.69 Å². The highest BCUT2D eigenvalue weighted by Gasteiger charge is 2.58. The number of halogens is 1. The summed E-state index contributed by atoms with van der Waals surface area (Å²) >= 11 is 0. The maximum absolute atomic E-state index is 12.8. The first-order valence-corrected chi connectivity index (χ1v) is 11.7. The lowest BCUT2D eigenvalue weighted by Crippen LogP contribution is -2.40. The molecule has 1 saturated carbocycles. The monoisotopic (exact) mass is 575 g/mol. The van der Waals surface area contributed by atoms with Crippen molar-refractivity contribution in [1.82, 2.24) is 20.7 Å². The fourth-order valence-electron chi connectivity index (χ4n) is 5.26. The van der Waals surface area contributed by atoms with Crippen molar-refractivity contribution in [1.29, 1.82) is 0 Å². The number of carbonyl (C=O) groups excluding carboxylic acids is 2. The molecule has 5 rings (SSSR count). The molecule has 9 heteroatoms. The summed E-state index contributed by atoms with van der Waals surface area (Å²) in [5.74, 6) is 1.68. The number of imide groups is 1. The number of hydrogen-bond acceptors (Lipinski definition) is 5. The van der Waals surface area contributed by atoms with Crippen LogP contribution in [0.3, 0.4) is 0 Å². The van der Waals surface area contributed by atoms with Gasteiger partial charge in [-0.25, -0.2) is 4.99 Å². The van der Waals surface area contributed by atoms with Gasteiger partial charge in [0.15, 0.2) is 11.7 Å². The van der Waals surface area contributed by atoms with E-state index in [0.717, 1.165) is 24.2 Å². The number of hydrogen-bond donors (Lipinski definition) is 2. The molecule has 34 heavy (non-hydrogen) atoms. The van der Waals surface area contributed by atoms with E-state index in [1.807, 2.05) is 43.3 Å². The number of likely N-dealkylation sites (tertiary alicyclic amines) is 1. The van der Waals surface area contributed by atoms with E-state index in [2.05, 4.69) is 32.9 Å². The third-order valence-corrected chi connectivity index (χ3v) is 6.77. The molecule has 2 aromatic rings. The van der Waals surface area contributed by atoms with Gasteiger partial charge in [0, 0.05) is 31.3 Å². The van der Waals surface area contributed by atoms with Crippen LogP contribution in [0.4, 0.5) is 0 Å². The second-order valence-corrected chi connectivity index (χ2v) is 8.85. The molecule has 3 aliphatic rings. The topological polar surface area (TPSA) is 99.8 Å². The normalized spacial score (nSPS) is 25.0. The van der Waals surface area contributed by atoms with Crippen LogP contribution in [0.25, 0.3) is 11.3 Å². The smallest absolute Gasteiger partial charge is 0.233 e. The molecule has 1 saturated heterocycles. The van der Waals surface area contributed by atoms with Crippen LogP contribution >= 0.6 is 24.0 Å². The van der Waals surface area contributed by atoms with E-state index < -0.39 is 0 Å². The van der Waals surface area contributed by atoms with Crippen molar-refractivity contribution in [2.45, 2.75) is 26.3 Å². The van der Waals surface area contributed by atoms with Crippen molar-refractivity contribution in [3.63, 3.8) is 0 Å². The Labute approximate surface area is 216 Å². The van der Waals surface area contributed by atoms with E-state index in [4.69, 9.17) is 4.52 Å². The van der Waals surface area contributed by atoms with Crippen molar-refractivity contribution in [2.75, 3.05) is 19.6 Å². The molecule has 2 aliphatic carbocycles. The Morgan fingerprint density at radius 3 is 2.50 bits per heavy atom. The second-order valence-electron chi connectivity index (χ2n) is 8.85. The highest BCUT2D eigenvalue weighted by molar-refractivity contribution is 14.0. The minimum Gasteiger partial charge on any atom is -0.357 e. The van der Waals surface area contributed by atoms with Gasteiger partial charge in [-0.15, -0.1) is 24.0 Å². The second kappa shape index (κ2) is 10.7. The van der Waals surface area contributed by atoms with Gasteiger partial charge in [-0.2, -0.15) is 0 Å². The number of nitrogens with one attached hydrogen (secondary N) is 2. The van der Waals surface area contributed by atoms with Crippen molar-refractivity contribution in [2.24, 2.45) is 28.7 Å². The molecule has 2 N–H and O–H groups in total. The van der Waals surface area contributed by atoms with Crippen LogP contribution in [-0.2, 0) is 16.1 Å². The first-order chi connectivity index (χ1) is 16.2. The van der Waals surface area contributed by atoms with Gasteiger partial charge in [-0.05, 0) is 31.6 Å². The molecule has 1 aromatic carbocycles. The summed E-state index contributed by atoms with van der Waals surface area (Å²) in [6, 6.07) is 11.7. The van der Waals surface area contributed by atoms with Crippen LogP contribution in [0.2, 0.25) is 0 Å². The molecule has 1 aromatic heterocycles. The maximum Gasteiger partial charge on any atom is 0.233 e. The number of aromatic nitrogens is 1. The van der Waals surface area contributed by atoms with Crippen LogP contribution in [0.1, 0.15) is 25.5 Å². The molecule has 2 amide bonds. The maximum atomic E-state index is 12.8. The molecule has 2 fully saturated rings. The number of allylic oxidation sites excluding steroid dienone is 2.